The monoisotopic (exact) mass is 242 g/mol. The fourth-order valence-corrected chi connectivity index (χ4v) is 1.87. The molecule has 0 fully saturated rings. The Kier molecular flexibility index (Phi) is 4.00. The Bertz CT molecular complexity index is 401. The number of carboxylic acid groups (broad SMARTS) is 1. The Morgan fingerprint density at radius 1 is 1.50 bits per heavy atom. The number of carbonyl (C=O) groups excluding carboxylic acids is 1. The van der Waals surface area contributed by atoms with Crippen LogP contribution in [0.15, 0.2) is 6.20 Å². The zero-order chi connectivity index (χ0) is 12.3. The van der Waals surface area contributed by atoms with Crippen molar-refractivity contribution < 1.29 is 14.7 Å². The normalized spacial score (nSPS) is 12.5. The van der Waals surface area contributed by atoms with E-state index in [1.54, 1.807) is 20.8 Å². The Labute approximate surface area is 97.5 Å². The molecule has 0 spiro atoms. The molecule has 0 bridgehead atoms. The molecule has 6 heteroatoms. The number of hydrogen-bond donors (Lipinski definition) is 2. The number of aliphatic carboxylic acids is 1. The van der Waals surface area contributed by atoms with Crippen LogP contribution in [0.4, 0.5) is 0 Å². The van der Waals surface area contributed by atoms with Crippen molar-refractivity contribution in [2.45, 2.75) is 26.8 Å². The predicted octanol–water partition coefficient (Wildman–Crippen LogP) is 1.29. The van der Waals surface area contributed by atoms with Gasteiger partial charge < -0.3 is 10.4 Å². The maximum Gasteiger partial charge on any atom is 0.326 e. The maximum atomic E-state index is 11.7. The Balaban J connectivity index is 2.73. The molecular weight excluding hydrogens is 228 g/mol. The highest BCUT2D eigenvalue weighted by molar-refractivity contribution is 7.13. The summed E-state index contributed by atoms with van der Waals surface area (Å²) in [5.41, 5.74) is 0. The summed E-state index contributed by atoms with van der Waals surface area (Å²) in [6.45, 7) is 5.28. The van der Waals surface area contributed by atoms with E-state index >= 15 is 0 Å². The minimum atomic E-state index is -1.02. The van der Waals surface area contributed by atoms with Crippen LogP contribution in [-0.4, -0.2) is 28.0 Å². The van der Waals surface area contributed by atoms with Gasteiger partial charge >= 0.3 is 5.97 Å². The van der Waals surface area contributed by atoms with Gasteiger partial charge in [0.15, 0.2) is 0 Å². The van der Waals surface area contributed by atoms with E-state index in [1.165, 1.54) is 17.5 Å². The third-order valence-corrected chi connectivity index (χ3v) is 2.98. The van der Waals surface area contributed by atoms with Crippen molar-refractivity contribution in [2.24, 2.45) is 5.92 Å². The molecule has 0 saturated heterocycles. The Morgan fingerprint density at radius 2 is 2.12 bits per heavy atom. The van der Waals surface area contributed by atoms with Crippen LogP contribution >= 0.6 is 11.3 Å². The smallest absolute Gasteiger partial charge is 0.326 e. The van der Waals surface area contributed by atoms with Crippen LogP contribution in [0.3, 0.4) is 0 Å². The molecule has 0 radical (unpaired) electrons. The number of amides is 1. The zero-order valence-electron chi connectivity index (χ0n) is 9.35. The van der Waals surface area contributed by atoms with Crippen molar-refractivity contribution >= 4 is 23.2 Å². The summed E-state index contributed by atoms with van der Waals surface area (Å²) in [5, 5.41) is 12.2. The molecule has 1 aromatic heterocycles. The number of carbonyl (C=O) groups is 2. The van der Waals surface area contributed by atoms with Crippen molar-refractivity contribution in [1.82, 2.24) is 10.3 Å². The average Bonchev–Trinajstić information content (AvgIpc) is 2.59. The van der Waals surface area contributed by atoms with Gasteiger partial charge in [-0.2, -0.15) is 0 Å². The molecule has 88 valence electrons. The Hall–Kier alpha value is -1.43. The van der Waals surface area contributed by atoms with E-state index in [1.807, 2.05) is 0 Å². The number of thiazole rings is 1. The summed E-state index contributed by atoms with van der Waals surface area (Å²) in [6, 6.07) is -0.866. The quantitative estimate of drug-likeness (QED) is 0.833. The van der Waals surface area contributed by atoms with Crippen molar-refractivity contribution in [3.05, 3.63) is 16.1 Å². The molecule has 0 aliphatic carbocycles. The zero-order valence-corrected chi connectivity index (χ0v) is 10.2. The van der Waals surface area contributed by atoms with Gasteiger partial charge in [0, 0.05) is 0 Å². The van der Waals surface area contributed by atoms with Crippen LogP contribution in [0.1, 0.15) is 28.5 Å². The molecule has 0 aliphatic rings. The molecule has 1 atom stereocenters. The van der Waals surface area contributed by atoms with Gasteiger partial charge in [0.05, 0.1) is 11.2 Å². The summed E-state index contributed by atoms with van der Waals surface area (Å²) < 4.78 is 0. The van der Waals surface area contributed by atoms with E-state index in [0.29, 0.717) is 4.88 Å². The van der Waals surface area contributed by atoms with Gasteiger partial charge in [0.1, 0.15) is 10.9 Å². The van der Waals surface area contributed by atoms with Crippen LogP contribution in [0.5, 0.6) is 0 Å². The number of hydrogen-bond acceptors (Lipinski definition) is 4. The van der Waals surface area contributed by atoms with Crippen molar-refractivity contribution in [1.29, 1.82) is 0 Å². The number of aromatic nitrogens is 1. The van der Waals surface area contributed by atoms with Gasteiger partial charge in [-0.3, -0.25) is 4.79 Å². The van der Waals surface area contributed by atoms with Crippen LogP contribution in [0, 0.1) is 12.8 Å². The first-order valence-corrected chi connectivity index (χ1v) is 5.69. The fourth-order valence-electron chi connectivity index (χ4n) is 1.19. The lowest BCUT2D eigenvalue weighted by Crippen LogP contribution is -2.44. The summed E-state index contributed by atoms with van der Waals surface area (Å²) in [4.78, 5) is 26.9. The average molecular weight is 242 g/mol. The number of nitrogens with zero attached hydrogens (tertiary/aromatic N) is 1. The third-order valence-electron chi connectivity index (χ3n) is 2.06. The molecule has 0 aliphatic heterocycles. The maximum absolute atomic E-state index is 11.7. The standard InChI is InChI=1S/C10H14N2O3S/c1-5(2)8(10(14)15)12-9(13)7-4-11-6(3)16-7/h4-5,8H,1-3H3,(H,12,13)(H,14,15)/t8-/m0/s1. The molecule has 1 aromatic rings. The Morgan fingerprint density at radius 3 is 2.50 bits per heavy atom. The topological polar surface area (TPSA) is 79.3 Å². The minimum Gasteiger partial charge on any atom is -0.480 e. The largest absolute Gasteiger partial charge is 0.480 e. The van der Waals surface area contributed by atoms with E-state index in [4.69, 9.17) is 5.11 Å². The van der Waals surface area contributed by atoms with Gasteiger partial charge in [0.2, 0.25) is 0 Å². The molecule has 1 heterocycles. The first-order valence-electron chi connectivity index (χ1n) is 4.88. The van der Waals surface area contributed by atoms with E-state index in [9.17, 15) is 9.59 Å². The number of rotatable bonds is 4. The molecule has 1 amide bonds. The second-order valence-electron chi connectivity index (χ2n) is 3.78. The highest BCUT2D eigenvalue weighted by Crippen LogP contribution is 2.12. The minimum absolute atomic E-state index is 0.157. The summed E-state index contributed by atoms with van der Waals surface area (Å²) in [7, 11) is 0. The number of nitrogens with one attached hydrogen (secondary N) is 1. The molecule has 16 heavy (non-hydrogen) atoms. The lowest BCUT2D eigenvalue weighted by Gasteiger charge is -2.16. The van der Waals surface area contributed by atoms with Crippen LogP contribution in [0.2, 0.25) is 0 Å². The van der Waals surface area contributed by atoms with Crippen LogP contribution < -0.4 is 5.32 Å². The van der Waals surface area contributed by atoms with Gasteiger partial charge in [-0.1, -0.05) is 13.8 Å². The molecule has 0 aromatic carbocycles. The first-order chi connectivity index (χ1) is 7.41. The van der Waals surface area contributed by atoms with Crippen molar-refractivity contribution in [3.8, 4) is 0 Å². The first kappa shape index (κ1) is 12.6. The lowest BCUT2D eigenvalue weighted by molar-refractivity contribution is -0.140. The third kappa shape index (κ3) is 3.03. The molecule has 0 saturated carbocycles. The van der Waals surface area contributed by atoms with Crippen molar-refractivity contribution in [2.75, 3.05) is 0 Å². The molecule has 1 rings (SSSR count). The van der Waals surface area contributed by atoms with E-state index in [-0.39, 0.29) is 11.8 Å². The van der Waals surface area contributed by atoms with Crippen molar-refractivity contribution in [3.63, 3.8) is 0 Å². The second kappa shape index (κ2) is 5.07. The molecule has 2 N–H and O–H groups in total. The molecular formula is C10H14N2O3S. The molecule has 0 unspecified atom stereocenters. The second-order valence-corrected chi connectivity index (χ2v) is 5.01. The van der Waals surface area contributed by atoms with Gasteiger partial charge in [-0.25, -0.2) is 9.78 Å². The summed E-state index contributed by atoms with van der Waals surface area (Å²) in [5.74, 6) is -1.56. The number of carboxylic acids is 1. The van der Waals surface area contributed by atoms with Gasteiger partial charge in [0.25, 0.3) is 5.91 Å². The van der Waals surface area contributed by atoms with Gasteiger partial charge in [-0.05, 0) is 12.8 Å². The van der Waals surface area contributed by atoms with E-state index < -0.39 is 12.0 Å². The summed E-state index contributed by atoms with van der Waals surface area (Å²) in [6.07, 6.45) is 1.45. The SMILES string of the molecule is Cc1ncc(C(=O)N[C@H](C(=O)O)C(C)C)s1. The highest BCUT2D eigenvalue weighted by atomic mass is 32.1. The van der Waals surface area contributed by atoms with E-state index in [2.05, 4.69) is 10.3 Å². The lowest BCUT2D eigenvalue weighted by atomic mass is 10.0. The summed E-state index contributed by atoms with van der Waals surface area (Å²) >= 11 is 1.25. The molecule has 5 nitrogen and oxygen atoms in total. The van der Waals surface area contributed by atoms with Crippen LogP contribution in [0.25, 0.3) is 0 Å². The number of aryl methyl sites for hydroxylation is 1. The van der Waals surface area contributed by atoms with E-state index in [0.717, 1.165) is 5.01 Å². The highest BCUT2D eigenvalue weighted by Gasteiger charge is 2.24. The van der Waals surface area contributed by atoms with Crippen LogP contribution in [-0.2, 0) is 4.79 Å². The fraction of sp³-hybridized carbons (Fsp3) is 0.500. The predicted molar refractivity (Wildman–Crippen MR) is 60.6 cm³/mol. The van der Waals surface area contributed by atoms with Gasteiger partial charge in [-0.15, -0.1) is 11.3 Å².